The van der Waals surface area contributed by atoms with Crippen LogP contribution in [-0.4, -0.2) is 49.0 Å². The fourth-order valence-corrected chi connectivity index (χ4v) is 4.52. The van der Waals surface area contributed by atoms with E-state index in [-0.39, 0.29) is 17.5 Å². The van der Waals surface area contributed by atoms with Gasteiger partial charge in [-0.3, -0.25) is 0 Å². The number of ether oxygens (including phenoxy) is 2. The molecule has 7 nitrogen and oxygen atoms in total. The van der Waals surface area contributed by atoms with E-state index < -0.39 is 10.0 Å². The molecule has 0 amide bonds. The van der Waals surface area contributed by atoms with Gasteiger partial charge >= 0.3 is 6.01 Å². The van der Waals surface area contributed by atoms with E-state index in [4.69, 9.17) is 9.47 Å². The molecule has 1 atom stereocenters. The number of rotatable bonds is 5. The molecule has 1 aromatic heterocycles. The van der Waals surface area contributed by atoms with E-state index >= 15 is 0 Å². The topological polar surface area (TPSA) is 81.6 Å². The largest absolute Gasteiger partial charge is 0.497 e. The van der Waals surface area contributed by atoms with E-state index in [1.54, 1.807) is 31.4 Å². The molecule has 26 heavy (non-hydrogen) atoms. The maximum Gasteiger partial charge on any atom is 0.317 e. The van der Waals surface area contributed by atoms with Crippen LogP contribution in [0.3, 0.4) is 0 Å². The number of sulfonamides is 1. The van der Waals surface area contributed by atoms with Gasteiger partial charge in [0, 0.05) is 17.9 Å². The van der Waals surface area contributed by atoms with Crippen LogP contribution in [0.2, 0.25) is 0 Å². The minimum absolute atomic E-state index is 0.251. The van der Waals surface area contributed by atoms with E-state index in [0.717, 1.165) is 24.2 Å². The molecule has 1 aliphatic rings. The second-order valence-corrected chi connectivity index (χ2v) is 8.29. The molecule has 1 unspecified atom stereocenters. The van der Waals surface area contributed by atoms with Gasteiger partial charge in [-0.15, -0.1) is 0 Å². The molecular formula is C18H23N3O4S. The number of aromatic nitrogens is 2. The second kappa shape index (κ2) is 7.59. The highest BCUT2D eigenvalue weighted by Crippen LogP contribution is 2.24. The molecule has 3 rings (SSSR count). The minimum atomic E-state index is -3.57. The highest BCUT2D eigenvalue weighted by Gasteiger charge is 2.31. The summed E-state index contributed by atoms with van der Waals surface area (Å²) < 4.78 is 38.2. The maximum atomic E-state index is 12.9. The molecular weight excluding hydrogens is 354 g/mol. The Morgan fingerprint density at radius 2 is 1.77 bits per heavy atom. The number of methoxy groups -OCH3 is 1. The van der Waals surface area contributed by atoms with Crippen molar-refractivity contribution >= 4 is 10.0 Å². The van der Waals surface area contributed by atoms with Crippen LogP contribution >= 0.6 is 0 Å². The van der Waals surface area contributed by atoms with Crippen LogP contribution in [0.1, 0.15) is 24.2 Å². The summed E-state index contributed by atoms with van der Waals surface area (Å²) in [4.78, 5) is 8.81. The first-order valence-electron chi connectivity index (χ1n) is 8.51. The van der Waals surface area contributed by atoms with E-state index in [1.165, 1.54) is 4.31 Å². The molecule has 0 aliphatic carbocycles. The van der Waals surface area contributed by atoms with Gasteiger partial charge < -0.3 is 9.47 Å². The molecule has 140 valence electrons. The Bertz CT molecular complexity index is 848. The zero-order chi connectivity index (χ0) is 18.7. The zero-order valence-corrected chi connectivity index (χ0v) is 16.0. The van der Waals surface area contributed by atoms with E-state index in [9.17, 15) is 8.42 Å². The molecule has 8 heteroatoms. The molecule has 1 saturated heterocycles. The molecule has 1 aromatic carbocycles. The molecule has 0 saturated carbocycles. The standard InChI is InChI=1S/C18H23N3O4S/c1-13-11-14(2)20-18(19-13)25-16-5-4-10-21(12-16)26(22,23)17-8-6-15(24-3)7-9-17/h6-9,11,16H,4-5,10,12H2,1-3H3. The molecule has 0 spiro atoms. The highest BCUT2D eigenvalue weighted by atomic mass is 32.2. The Balaban J connectivity index is 1.74. The average molecular weight is 377 g/mol. The van der Waals surface area contributed by atoms with Crippen molar-refractivity contribution in [3.05, 3.63) is 41.7 Å². The minimum Gasteiger partial charge on any atom is -0.497 e. The van der Waals surface area contributed by atoms with Crippen LogP contribution in [0, 0.1) is 13.8 Å². The fraction of sp³-hybridized carbons (Fsp3) is 0.444. The lowest BCUT2D eigenvalue weighted by Gasteiger charge is -2.31. The monoisotopic (exact) mass is 377 g/mol. The van der Waals surface area contributed by atoms with Crippen LogP contribution in [0.4, 0.5) is 0 Å². The van der Waals surface area contributed by atoms with Crippen molar-refractivity contribution in [3.8, 4) is 11.8 Å². The average Bonchev–Trinajstić information content (AvgIpc) is 2.61. The number of hydrogen-bond donors (Lipinski definition) is 0. The summed E-state index contributed by atoms with van der Waals surface area (Å²) in [5, 5.41) is 0. The summed E-state index contributed by atoms with van der Waals surface area (Å²) in [6.45, 7) is 4.51. The number of aryl methyl sites for hydroxylation is 2. The van der Waals surface area contributed by atoms with Gasteiger partial charge in [-0.05, 0) is 57.0 Å². The van der Waals surface area contributed by atoms with Crippen LogP contribution in [0.25, 0.3) is 0 Å². The smallest absolute Gasteiger partial charge is 0.317 e. The van der Waals surface area contributed by atoms with Gasteiger partial charge in [-0.2, -0.15) is 4.31 Å². The quantitative estimate of drug-likeness (QED) is 0.795. The van der Waals surface area contributed by atoms with Crippen molar-refractivity contribution in [3.63, 3.8) is 0 Å². The molecule has 1 aliphatic heterocycles. The lowest BCUT2D eigenvalue weighted by Crippen LogP contribution is -2.44. The number of hydrogen-bond acceptors (Lipinski definition) is 6. The Morgan fingerprint density at radius 3 is 2.38 bits per heavy atom. The maximum absolute atomic E-state index is 12.9. The lowest BCUT2D eigenvalue weighted by molar-refractivity contribution is 0.119. The first-order chi connectivity index (χ1) is 12.4. The summed E-state index contributed by atoms with van der Waals surface area (Å²) in [6, 6.07) is 8.59. The lowest BCUT2D eigenvalue weighted by atomic mass is 10.1. The zero-order valence-electron chi connectivity index (χ0n) is 15.2. The van der Waals surface area contributed by atoms with E-state index in [0.29, 0.717) is 18.3 Å². The Labute approximate surface area is 154 Å². The Kier molecular flexibility index (Phi) is 5.43. The van der Waals surface area contributed by atoms with Crippen molar-refractivity contribution in [1.82, 2.24) is 14.3 Å². The van der Waals surface area contributed by atoms with Crippen molar-refractivity contribution < 1.29 is 17.9 Å². The molecule has 1 fully saturated rings. The van der Waals surface area contributed by atoms with Gasteiger partial charge in [0.1, 0.15) is 11.9 Å². The van der Waals surface area contributed by atoms with Crippen LogP contribution in [-0.2, 0) is 10.0 Å². The summed E-state index contributed by atoms with van der Waals surface area (Å²) in [5.41, 5.74) is 1.65. The summed E-state index contributed by atoms with van der Waals surface area (Å²) in [7, 11) is -2.02. The number of benzene rings is 1. The van der Waals surface area contributed by atoms with E-state index in [1.807, 2.05) is 19.9 Å². The van der Waals surface area contributed by atoms with Gasteiger partial charge in [0.05, 0.1) is 18.6 Å². The molecule has 2 aromatic rings. The van der Waals surface area contributed by atoms with Crippen LogP contribution in [0.15, 0.2) is 35.2 Å². The van der Waals surface area contributed by atoms with Gasteiger partial charge in [-0.1, -0.05) is 0 Å². The fourth-order valence-electron chi connectivity index (χ4n) is 3.01. The highest BCUT2D eigenvalue weighted by molar-refractivity contribution is 7.89. The van der Waals surface area contributed by atoms with Gasteiger partial charge in [0.15, 0.2) is 0 Å². The van der Waals surface area contributed by atoms with Gasteiger partial charge in [0.2, 0.25) is 10.0 Å². The van der Waals surface area contributed by atoms with E-state index in [2.05, 4.69) is 9.97 Å². The molecule has 0 bridgehead atoms. The summed E-state index contributed by atoms with van der Waals surface area (Å²) in [5.74, 6) is 0.621. The Morgan fingerprint density at radius 1 is 1.12 bits per heavy atom. The van der Waals surface area contributed by atoms with Gasteiger partial charge in [-0.25, -0.2) is 18.4 Å². The van der Waals surface area contributed by atoms with Crippen molar-refractivity contribution in [1.29, 1.82) is 0 Å². The molecule has 0 N–H and O–H groups in total. The third-order valence-corrected chi connectivity index (χ3v) is 6.15. The number of piperidine rings is 1. The summed E-state index contributed by atoms with van der Waals surface area (Å²) >= 11 is 0. The van der Waals surface area contributed by atoms with Crippen LogP contribution in [0.5, 0.6) is 11.8 Å². The number of nitrogens with zero attached hydrogens (tertiary/aromatic N) is 3. The predicted octanol–water partition coefficient (Wildman–Crippen LogP) is 2.33. The van der Waals surface area contributed by atoms with Crippen molar-refractivity contribution in [2.45, 2.75) is 37.7 Å². The third kappa shape index (κ3) is 4.13. The predicted molar refractivity (Wildman–Crippen MR) is 96.9 cm³/mol. The first-order valence-corrected chi connectivity index (χ1v) is 9.95. The normalized spacial score (nSPS) is 18.5. The Hall–Kier alpha value is -2.19. The molecule has 2 heterocycles. The second-order valence-electron chi connectivity index (χ2n) is 6.35. The molecule has 0 radical (unpaired) electrons. The van der Waals surface area contributed by atoms with Gasteiger partial charge in [0.25, 0.3) is 0 Å². The summed E-state index contributed by atoms with van der Waals surface area (Å²) in [6.07, 6.45) is 1.23. The van der Waals surface area contributed by atoms with Crippen LogP contribution < -0.4 is 9.47 Å². The SMILES string of the molecule is COc1ccc(S(=O)(=O)N2CCCC(Oc3nc(C)cc(C)n3)C2)cc1. The van der Waals surface area contributed by atoms with Crippen molar-refractivity contribution in [2.24, 2.45) is 0 Å². The third-order valence-electron chi connectivity index (χ3n) is 4.27. The van der Waals surface area contributed by atoms with Crippen molar-refractivity contribution in [2.75, 3.05) is 20.2 Å². The first kappa shape index (κ1) is 18.6.